The molecule has 1 aliphatic heterocycles. The van der Waals surface area contributed by atoms with Crippen molar-refractivity contribution in [3.63, 3.8) is 0 Å². The molecule has 1 N–H and O–H groups in total. The van der Waals surface area contributed by atoms with Crippen LogP contribution in [-0.2, 0) is 16.0 Å². The molecule has 0 unspecified atom stereocenters. The van der Waals surface area contributed by atoms with Crippen LogP contribution in [0.1, 0.15) is 16.7 Å². The van der Waals surface area contributed by atoms with Gasteiger partial charge in [0.15, 0.2) is 0 Å². The standard InChI is InChI=1S/C21H19FN2O3S/c1-14-4-2-3-5-16(14)13-19(25)23-10-11-24-20(26)18(28-21(24)27)12-15-6-8-17(22)9-7-15/h2-9,12H,10-11,13H2,1H3,(H,23,25)/b18-12-. The summed E-state index contributed by atoms with van der Waals surface area (Å²) in [6.45, 7) is 2.23. The van der Waals surface area contributed by atoms with Gasteiger partial charge in [0.1, 0.15) is 5.82 Å². The molecule has 0 aromatic heterocycles. The number of amides is 3. The highest BCUT2D eigenvalue weighted by Crippen LogP contribution is 2.31. The topological polar surface area (TPSA) is 66.5 Å². The third-order valence-corrected chi connectivity index (χ3v) is 5.22. The van der Waals surface area contributed by atoms with Crippen molar-refractivity contribution in [3.8, 4) is 0 Å². The van der Waals surface area contributed by atoms with Crippen LogP contribution >= 0.6 is 11.8 Å². The number of nitrogens with one attached hydrogen (secondary N) is 1. The summed E-state index contributed by atoms with van der Waals surface area (Å²) in [4.78, 5) is 38.0. The number of hydrogen-bond acceptors (Lipinski definition) is 4. The van der Waals surface area contributed by atoms with Crippen LogP contribution < -0.4 is 5.32 Å². The first kappa shape index (κ1) is 19.8. The van der Waals surface area contributed by atoms with Gasteiger partial charge in [0.25, 0.3) is 11.1 Å². The van der Waals surface area contributed by atoms with Gasteiger partial charge >= 0.3 is 0 Å². The molecule has 0 radical (unpaired) electrons. The van der Waals surface area contributed by atoms with Crippen molar-refractivity contribution < 1.29 is 18.8 Å². The molecule has 144 valence electrons. The molecule has 1 saturated heterocycles. The van der Waals surface area contributed by atoms with Crippen molar-refractivity contribution >= 4 is 34.9 Å². The van der Waals surface area contributed by atoms with E-state index in [1.165, 1.54) is 24.3 Å². The monoisotopic (exact) mass is 398 g/mol. The van der Waals surface area contributed by atoms with Crippen LogP contribution in [0, 0.1) is 12.7 Å². The lowest BCUT2D eigenvalue weighted by Crippen LogP contribution is -2.37. The molecule has 7 heteroatoms. The van der Waals surface area contributed by atoms with E-state index < -0.39 is 5.91 Å². The fourth-order valence-electron chi connectivity index (χ4n) is 2.75. The SMILES string of the molecule is Cc1ccccc1CC(=O)NCCN1C(=O)S/C(=C\c2ccc(F)cc2)C1=O. The number of rotatable bonds is 6. The molecule has 3 amide bonds. The smallest absolute Gasteiger partial charge is 0.293 e. The van der Waals surface area contributed by atoms with Crippen LogP contribution in [0.15, 0.2) is 53.4 Å². The summed E-state index contributed by atoms with van der Waals surface area (Å²) in [5, 5.41) is 2.36. The number of hydrogen-bond donors (Lipinski definition) is 1. The van der Waals surface area contributed by atoms with Gasteiger partial charge in [-0.05, 0) is 53.6 Å². The average Bonchev–Trinajstić information content (AvgIpc) is 2.93. The van der Waals surface area contributed by atoms with Crippen LogP contribution in [0.2, 0.25) is 0 Å². The number of thioether (sulfide) groups is 1. The van der Waals surface area contributed by atoms with Gasteiger partial charge in [-0.25, -0.2) is 4.39 Å². The van der Waals surface area contributed by atoms with E-state index in [4.69, 9.17) is 0 Å². The van der Waals surface area contributed by atoms with E-state index in [1.807, 2.05) is 31.2 Å². The molecule has 0 bridgehead atoms. The van der Waals surface area contributed by atoms with E-state index in [0.717, 1.165) is 27.8 Å². The van der Waals surface area contributed by atoms with E-state index in [-0.39, 0.29) is 41.4 Å². The summed E-state index contributed by atoms with van der Waals surface area (Å²) in [5.74, 6) is -0.942. The van der Waals surface area contributed by atoms with Crippen molar-refractivity contribution in [1.29, 1.82) is 0 Å². The van der Waals surface area contributed by atoms with E-state index in [9.17, 15) is 18.8 Å². The van der Waals surface area contributed by atoms with E-state index in [2.05, 4.69) is 5.32 Å². The maximum absolute atomic E-state index is 13.0. The van der Waals surface area contributed by atoms with Gasteiger partial charge in [-0.15, -0.1) is 0 Å². The Morgan fingerprint density at radius 3 is 2.57 bits per heavy atom. The van der Waals surface area contributed by atoms with E-state index >= 15 is 0 Å². The molecule has 3 rings (SSSR count). The minimum atomic E-state index is -0.410. The van der Waals surface area contributed by atoms with Gasteiger partial charge in [0.05, 0.1) is 11.3 Å². The summed E-state index contributed by atoms with van der Waals surface area (Å²) < 4.78 is 13.0. The highest BCUT2D eigenvalue weighted by molar-refractivity contribution is 8.18. The van der Waals surface area contributed by atoms with Gasteiger partial charge in [-0.1, -0.05) is 36.4 Å². The number of carbonyl (C=O) groups excluding carboxylic acids is 3. The van der Waals surface area contributed by atoms with Crippen LogP contribution in [-0.4, -0.2) is 35.0 Å². The quantitative estimate of drug-likeness (QED) is 0.756. The highest BCUT2D eigenvalue weighted by atomic mass is 32.2. The molecule has 5 nitrogen and oxygen atoms in total. The number of halogens is 1. The molecule has 0 saturated carbocycles. The first-order valence-electron chi connectivity index (χ1n) is 8.76. The van der Waals surface area contributed by atoms with Gasteiger partial charge in [0, 0.05) is 13.1 Å². The van der Waals surface area contributed by atoms with E-state index in [1.54, 1.807) is 6.08 Å². The Balaban J connectivity index is 1.54. The van der Waals surface area contributed by atoms with Crippen molar-refractivity contribution in [2.45, 2.75) is 13.3 Å². The number of carbonyl (C=O) groups is 3. The number of imide groups is 1. The van der Waals surface area contributed by atoms with E-state index in [0.29, 0.717) is 5.56 Å². The zero-order valence-corrected chi connectivity index (χ0v) is 16.1. The van der Waals surface area contributed by atoms with Crippen LogP contribution in [0.5, 0.6) is 0 Å². The summed E-state index contributed by atoms with van der Waals surface area (Å²) >= 11 is 0.836. The Morgan fingerprint density at radius 1 is 1.14 bits per heavy atom. The number of aryl methyl sites for hydroxylation is 1. The Morgan fingerprint density at radius 2 is 1.86 bits per heavy atom. The van der Waals surface area contributed by atoms with Crippen LogP contribution in [0.3, 0.4) is 0 Å². The lowest BCUT2D eigenvalue weighted by molar-refractivity contribution is -0.124. The van der Waals surface area contributed by atoms with Crippen LogP contribution in [0.4, 0.5) is 9.18 Å². The second-order valence-electron chi connectivity index (χ2n) is 6.34. The predicted molar refractivity (Wildman–Crippen MR) is 107 cm³/mol. The third kappa shape index (κ3) is 4.86. The second kappa shape index (κ2) is 8.84. The van der Waals surface area contributed by atoms with Crippen molar-refractivity contribution in [2.24, 2.45) is 0 Å². The molecule has 1 fully saturated rings. The summed E-state index contributed by atoms with van der Waals surface area (Å²) in [6, 6.07) is 13.3. The van der Waals surface area contributed by atoms with Gasteiger partial charge in [0.2, 0.25) is 5.91 Å². The molecular weight excluding hydrogens is 379 g/mol. The molecule has 0 spiro atoms. The largest absolute Gasteiger partial charge is 0.354 e. The molecule has 28 heavy (non-hydrogen) atoms. The number of benzene rings is 2. The third-order valence-electron chi connectivity index (χ3n) is 4.31. The van der Waals surface area contributed by atoms with Crippen molar-refractivity contribution in [2.75, 3.05) is 13.1 Å². The average molecular weight is 398 g/mol. The zero-order chi connectivity index (χ0) is 20.1. The summed E-state index contributed by atoms with van der Waals surface area (Å²) in [5.41, 5.74) is 2.61. The molecule has 2 aromatic carbocycles. The lowest BCUT2D eigenvalue weighted by Gasteiger charge is -2.13. The Bertz CT molecular complexity index is 941. The summed E-state index contributed by atoms with van der Waals surface area (Å²) in [6.07, 6.45) is 1.81. The fourth-order valence-corrected chi connectivity index (χ4v) is 3.62. The maximum atomic E-state index is 13.0. The normalized spacial score (nSPS) is 15.4. The highest BCUT2D eigenvalue weighted by Gasteiger charge is 2.34. The molecule has 0 aliphatic carbocycles. The molecule has 2 aromatic rings. The van der Waals surface area contributed by atoms with Gasteiger partial charge in [-0.3, -0.25) is 19.3 Å². The maximum Gasteiger partial charge on any atom is 0.293 e. The Kier molecular flexibility index (Phi) is 6.26. The number of nitrogens with zero attached hydrogens (tertiary/aromatic N) is 1. The first-order valence-corrected chi connectivity index (χ1v) is 9.58. The molecule has 1 heterocycles. The lowest BCUT2D eigenvalue weighted by atomic mass is 10.1. The fraction of sp³-hybridized carbons (Fsp3) is 0.190. The Labute approximate surface area is 166 Å². The van der Waals surface area contributed by atoms with Gasteiger partial charge < -0.3 is 5.32 Å². The minimum absolute atomic E-state index is 0.102. The van der Waals surface area contributed by atoms with Crippen molar-refractivity contribution in [1.82, 2.24) is 10.2 Å². The molecular formula is C21H19FN2O3S. The molecule has 1 aliphatic rings. The summed E-state index contributed by atoms with van der Waals surface area (Å²) in [7, 11) is 0. The first-order chi connectivity index (χ1) is 13.4. The van der Waals surface area contributed by atoms with Gasteiger partial charge in [-0.2, -0.15) is 0 Å². The second-order valence-corrected chi connectivity index (χ2v) is 7.33. The zero-order valence-electron chi connectivity index (χ0n) is 15.3. The predicted octanol–water partition coefficient (Wildman–Crippen LogP) is 3.53. The van der Waals surface area contributed by atoms with Crippen LogP contribution in [0.25, 0.3) is 6.08 Å². The van der Waals surface area contributed by atoms with Crippen molar-refractivity contribution in [3.05, 3.63) is 75.9 Å². The Hall–Kier alpha value is -2.93. The minimum Gasteiger partial charge on any atom is -0.354 e. The molecule has 0 atom stereocenters.